The first-order valence-electron chi connectivity index (χ1n) is 7.10. The van der Waals surface area contributed by atoms with E-state index in [9.17, 15) is 4.79 Å². The van der Waals surface area contributed by atoms with Crippen molar-refractivity contribution >= 4 is 5.91 Å². The van der Waals surface area contributed by atoms with Gasteiger partial charge in [0.15, 0.2) is 0 Å². The van der Waals surface area contributed by atoms with Crippen LogP contribution in [0.2, 0.25) is 0 Å². The summed E-state index contributed by atoms with van der Waals surface area (Å²) in [4.78, 5) is 20.6. The zero-order valence-corrected chi connectivity index (χ0v) is 11.8. The van der Waals surface area contributed by atoms with Gasteiger partial charge < -0.3 is 9.42 Å². The van der Waals surface area contributed by atoms with Crippen molar-refractivity contribution in [2.75, 3.05) is 26.2 Å². The Hall–Kier alpha value is -2.21. The fourth-order valence-corrected chi connectivity index (χ4v) is 2.47. The van der Waals surface area contributed by atoms with Gasteiger partial charge in [0.05, 0.1) is 12.1 Å². The third-order valence-electron chi connectivity index (χ3n) is 3.66. The number of aromatic nitrogens is 2. The van der Waals surface area contributed by atoms with Gasteiger partial charge in [0.1, 0.15) is 6.26 Å². The zero-order valence-electron chi connectivity index (χ0n) is 11.8. The van der Waals surface area contributed by atoms with Gasteiger partial charge in [-0.15, -0.1) is 0 Å². The molecule has 1 saturated heterocycles. The fourth-order valence-electron chi connectivity index (χ4n) is 2.47. The van der Waals surface area contributed by atoms with Crippen LogP contribution in [0.3, 0.4) is 0 Å². The quantitative estimate of drug-likeness (QED) is 0.837. The summed E-state index contributed by atoms with van der Waals surface area (Å²) in [5.41, 5.74) is 1.76. The topological polar surface area (TPSA) is 62.5 Å². The van der Waals surface area contributed by atoms with E-state index in [4.69, 9.17) is 4.52 Å². The molecule has 6 heteroatoms. The number of carbonyl (C=O) groups excluding carboxylic acids is 1. The number of piperazine rings is 1. The molecule has 0 aromatic carbocycles. The zero-order chi connectivity index (χ0) is 14.5. The van der Waals surface area contributed by atoms with E-state index in [1.54, 1.807) is 12.5 Å². The summed E-state index contributed by atoms with van der Waals surface area (Å²) in [6.45, 7) is 4.01. The van der Waals surface area contributed by atoms with Crippen LogP contribution in [-0.4, -0.2) is 52.0 Å². The summed E-state index contributed by atoms with van der Waals surface area (Å²) in [7, 11) is 0. The van der Waals surface area contributed by atoms with Crippen LogP contribution in [0.1, 0.15) is 11.4 Å². The van der Waals surface area contributed by atoms with Crippen molar-refractivity contribution in [3.8, 4) is 0 Å². The normalized spacial score (nSPS) is 16.1. The Morgan fingerprint density at radius 1 is 1.14 bits per heavy atom. The van der Waals surface area contributed by atoms with E-state index in [0.29, 0.717) is 6.42 Å². The van der Waals surface area contributed by atoms with Crippen LogP contribution >= 0.6 is 0 Å². The molecule has 0 saturated carbocycles. The number of hydrogen-bond acceptors (Lipinski definition) is 5. The van der Waals surface area contributed by atoms with E-state index in [2.05, 4.69) is 15.0 Å². The van der Waals surface area contributed by atoms with E-state index in [1.807, 2.05) is 29.2 Å². The van der Waals surface area contributed by atoms with Crippen LogP contribution in [0.5, 0.6) is 0 Å². The standard InChI is InChI=1S/C15H18N4O2/c20-15(11-13-3-1-2-5-16-13)19-8-6-18(7-9-19)12-14-4-10-21-17-14/h1-5,10H,6-9,11-12H2. The van der Waals surface area contributed by atoms with E-state index < -0.39 is 0 Å². The average molecular weight is 286 g/mol. The third kappa shape index (κ3) is 3.66. The maximum atomic E-state index is 12.2. The second-order valence-corrected chi connectivity index (χ2v) is 5.15. The van der Waals surface area contributed by atoms with Gasteiger partial charge in [-0.1, -0.05) is 11.2 Å². The summed E-state index contributed by atoms with van der Waals surface area (Å²) < 4.78 is 4.83. The van der Waals surface area contributed by atoms with Crippen LogP contribution in [0.15, 0.2) is 41.2 Å². The predicted molar refractivity (Wildman–Crippen MR) is 76.3 cm³/mol. The number of pyridine rings is 1. The third-order valence-corrected chi connectivity index (χ3v) is 3.66. The number of hydrogen-bond donors (Lipinski definition) is 0. The van der Waals surface area contributed by atoms with E-state index in [-0.39, 0.29) is 5.91 Å². The van der Waals surface area contributed by atoms with Crippen LogP contribution in [-0.2, 0) is 17.8 Å². The maximum absolute atomic E-state index is 12.2. The molecule has 110 valence electrons. The second kappa shape index (κ2) is 6.49. The van der Waals surface area contributed by atoms with Crippen molar-refractivity contribution < 1.29 is 9.32 Å². The number of carbonyl (C=O) groups is 1. The summed E-state index contributed by atoms with van der Waals surface area (Å²) in [5.74, 6) is 0.148. The molecule has 1 fully saturated rings. The van der Waals surface area contributed by atoms with Gasteiger partial charge in [-0.2, -0.15) is 0 Å². The van der Waals surface area contributed by atoms with Crippen molar-refractivity contribution in [3.63, 3.8) is 0 Å². The van der Waals surface area contributed by atoms with Gasteiger partial charge >= 0.3 is 0 Å². The second-order valence-electron chi connectivity index (χ2n) is 5.15. The molecule has 0 atom stereocenters. The number of nitrogens with zero attached hydrogens (tertiary/aromatic N) is 4. The average Bonchev–Trinajstić information content (AvgIpc) is 3.02. The lowest BCUT2D eigenvalue weighted by Gasteiger charge is -2.34. The lowest BCUT2D eigenvalue weighted by atomic mass is 10.2. The fraction of sp³-hybridized carbons (Fsp3) is 0.400. The Balaban J connectivity index is 1.48. The number of rotatable bonds is 4. The highest BCUT2D eigenvalue weighted by molar-refractivity contribution is 5.78. The Kier molecular flexibility index (Phi) is 4.25. The summed E-state index contributed by atoms with van der Waals surface area (Å²) in [6.07, 6.45) is 3.69. The molecule has 3 heterocycles. The Morgan fingerprint density at radius 2 is 2.00 bits per heavy atom. The van der Waals surface area contributed by atoms with Gasteiger partial charge in [-0.3, -0.25) is 14.7 Å². The first-order valence-corrected chi connectivity index (χ1v) is 7.10. The van der Waals surface area contributed by atoms with Crippen molar-refractivity contribution in [2.24, 2.45) is 0 Å². The molecule has 0 radical (unpaired) electrons. The van der Waals surface area contributed by atoms with E-state index >= 15 is 0 Å². The molecular weight excluding hydrogens is 268 g/mol. The van der Waals surface area contributed by atoms with Crippen molar-refractivity contribution in [1.82, 2.24) is 19.9 Å². The predicted octanol–water partition coefficient (Wildman–Crippen LogP) is 0.956. The van der Waals surface area contributed by atoms with Crippen LogP contribution in [0.25, 0.3) is 0 Å². The van der Waals surface area contributed by atoms with Crippen LogP contribution in [0, 0.1) is 0 Å². The lowest BCUT2D eigenvalue weighted by molar-refractivity contribution is -0.132. The van der Waals surface area contributed by atoms with Crippen molar-refractivity contribution in [1.29, 1.82) is 0 Å². The molecular formula is C15H18N4O2. The molecule has 0 aliphatic carbocycles. The van der Waals surface area contributed by atoms with Crippen molar-refractivity contribution in [2.45, 2.75) is 13.0 Å². The molecule has 1 amide bonds. The SMILES string of the molecule is O=C(Cc1ccccn1)N1CCN(Cc2ccon2)CC1. The molecule has 6 nitrogen and oxygen atoms in total. The van der Waals surface area contributed by atoms with E-state index in [1.165, 1.54) is 0 Å². The maximum Gasteiger partial charge on any atom is 0.228 e. The molecule has 1 aliphatic heterocycles. The van der Waals surface area contributed by atoms with Gasteiger partial charge in [-0.05, 0) is 12.1 Å². The molecule has 1 aliphatic rings. The van der Waals surface area contributed by atoms with Crippen molar-refractivity contribution in [3.05, 3.63) is 48.1 Å². The molecule has 0 bridgehead atoms. The highest BCUT2D eigenvalue weighted by atomic mass is 16.5. The molecule has 3 rings (SSSR count). The molecule has 21 heavy (non-hydrogen) atoms. The van der Waals surface area contributed by atoms with Gasteiger partial charge in [-0.25, -0.2) is 0 Å². The van der Waals surface area contributed by atoms with Gasteiger partial charge in [0.2, 0.25) is 5.91 Å². The Bertz CT molecular complexity index is 563. The molecule has 0 spiro atoms. The minimum absolute atomic E-state index is 0.148. The summed E-state index contributed by atoms with van der Waals surface area (Å²) in [5, 5.41) is 3.91. The minimum atomic E-state index is 0.148. The Morgan fingerprint density at radius 3 is 2.67 bits per heavy atom. The smallest absolute Gasteiger partial charge is 0.228 e. The number of amides is 1. The molecule has 0 unspecified atom stereocenters. The van der Waals surface area contributed by atoms with Crippen LogP contribution < -0.4 is 0 Å². The van der Waals surface area contributed by atoms with Gasteiger partial charge in [0, 0.05) is 50.7 Å². The first kappa shape index (κ1) is 13.8. The molecule has 0 N–H and O–H groups in total. The van der Waals surface area contributed by atoms with Gasteiger partial charge in [0.25, 0.3) is 0 Å². The first-order chi connectivity index (χ1) is 10.3. The summed E-state index contributed by atoms with van der Waals surface area (Å²) in [6, 6.07) is 7.53. The molecule has 2 aromatic heterocycles. The lowest BCUT2D eigenvalue weighted by Crippen LogP contribution is -2.48. The highest BCUT2D eigenvalue weighted by Gasteiger charge is 2.21. The monoisotopic (exact) mass is 286 g/mol. The minimum Gasteiger partial charge on any atom is -0.364 e. The highest BCUT2D eigenvalue weighted by Crippen LogP contribution is 2.08. The summed E-state index contributed by atoms with van der Waals surface area (Å²) >= 11 is 0. The largest absolute Gasteiger partial charge is 0.364 e. The van der Waals surface area contributed by atoms with Crippen LogP contribution in [0.4, 0.5) is 0 Å². The molecule has 2 aromatic rings. The Labute approximate surface area is 123 Å². The van der Waals surface area contributed by atoms with E-state index in [0.717, 1.165) is 44.1 Å².